The van der Waals surface area contributed by atoms with Gasteiger partial charge in [0.05, 0.1) is 0 Å². The summed E-state index contributed by atoms with van der Waals surface area (Å²) < 4.78 is 0. The third kappa shape index (κ3) is 2.45. The van der Waals surface area contributed by atoms with Gasteiger partial charge in [-0.3, -0.25) is 0 Å². The van der Waals surface area contributed by atoms with Gasteiger partial charge in [0, 0.05) is 5.41 Å². The number of rotatable bonds is 4. The largest absolute Gasteiger partial charge is 0.103 e. The van der Waals surface area contributed by atoms with Crippen molar-refractivity contribution in [3.8, 4) is 11.1 Å². The van der Waals surface area contributed by atoms with Crippen LogP contribution in [0.4, 0.5) is 0 Å². The van der Waals surface area contributed by atoms with Crippen LogP contribution in [0, 0.1) is 6.92 Å². The highest BCUT2D eigenvalue weighted by Gasteiger charge is 2.41. The van der Waals surface area contributed by atoms with Crippen LogP contribution in [-0.2, 0) is 10.8 Å². The second-order valence-corrected chi connectivity index (χ2v) is 8.13. The molecule has 0 heterocycles. The van der Waals surface area contributed by atoms with Crippen molar-refractivity contribution in [2.24, 2.45) is 0 Å². The minimum absolute atomic E-state index is 0.0263. The number of aryl methyl sites for hydroxylation is 1. The van der Waals surface area contributed by atoms with Crippen molar-refractivity contribution in [2.45, 2.75) is 51.4 Å². The molecule has 0 saturated carbocycles. The van der Waals surface area contributed by atoms with E-state index in [4.69, 9.17) is 0 Å². The zero-order chi connectivity index (χ0) is 17.5. The highest BCUT2D eigenvalue weighted by Crippen LogP contribution is 2.54. The Morgan fingerprint density at radius 3 is 1.96 bits per heavy atom. The van der Waals surface area contributed by atoms with Crippen LogP contribution in [0.2, 0.25) is 0 Å². The van der Waals surface area contributed by atoms with Gasteiger partial charge in [-0.25, -0.2) is 0 Å². The number of benzene rings is 2. The van der Waals surface area contributed by atoms with Crippen LogP contribution in [0.5, 0.6) is 0 Å². The molecular weight excluding hydrogens is 288 g/mol. The molecule has 0 bridgehead atoms. The molecular formula is C24H28. The normalized spacial score (nSPS) is 14.8. The third-order valence-electron chi connectivity index (χ3n) is 5.37. The van der Waals surface area contributed by atoms with Gasteiger partial charge in [0.1, 0.15) is 0 Å². The van der Waals surface area contributed by atoms with E-state index >= 15 is 0 Å². The number of allylic oxidation sites excluding steroid dienone is 2. The summed E-state index contributed by atoms with van der Waals surface area (Å²) in [7, 11) is 0. The summed E-state index contributed by atoms with van der Waals surface area (Å²) in [6, 6.07) is 13.9. The molecule has 2 aromatic carbocycles. The monoisotopic (exact) mass is 316 g/mol. The van der Waals surface area contributed by atoms with E-state index in [-0.39, 0.29) is 10.8 Å². The zero-order valence-corrected chi connectivity index (χ0v) is 15.4. The number of hydrogen-bond donors (Lipinski definition) is 0. The van der Waals surface area contributed by atoms with Crippen molar-refractivity contribution in [2.75, 3.05) is 0 Å². The molecule has 1 aliphatic rings. The molecule has 0 amide bonds. The summed E-state index contributed by atoms with van der Waals surface area (Å²) in [4.78, 5) is 0. The molecule has 0 saturated heterocycles. The SMILES string of the molecule is C=CCC1(CC=C)c2cc(C)ccc2-c2ccc(C(C)(C)C)cc21. The fourth-order valence-electron chi connectivity index (χ4n) is 4.09. The Morgan fingerprint density at radius 2 is 1.42 bits per heavy atom. The van der Waals surface area contributed by atoms with Gasteiger partial charge in [-0.05, 0) is 53.0 Å². The molecule has 2 aromatic rings. The van der Waals surface area contributed by atoms with Gasteiger partial charge < -0.3 is 0 Å². The van der Waals surface area contributed by atoms with Crippen LogP contribution < -0.4 is 0 Å². The summed E-state index contributed by atoms with van der Waals surface area (Å²) in [5.41, 5.74) is 8.45. The molecule has 3 rings (SSSR count). The second kappa shape index (κ2) is 5.77. The van der Waals surface area contributed by atoms with E-state index in [1.807, 2.05) is 0 Å². The molecule has 0 radical (unpaired) electrons. The summed E-state index contributed by atoms with van der Waals surface area (Å²) >= 11 is 0. The smallest absolute Gasteiger partial charge is 0.0283 e. The Kier molecular flexibility index (Phi) is 4.03. The predicted octanol–water partition coefficient (Wildman–Crippen LogP) is 6.71. The summed E-state index contributed by atoms with van der Waals surface area (Å²) in [6.45, 7) is 17.1. The van der Waals surface area contributed by atoms with E-state index in [0.717, 1.165) is 12.8 Å². The molecule has 0 atom stereocenters. The molecule has 0 aliphatic heterocycles. The van der Waals surface area contributed by atoms with Crippen LogP contribution in [0.15, 0.2) is 61.7 Å². The van der Waals surface area contributed by atoms with Gasteiger partial charge in [0.25, 0.3) is 0 Å². The Balaban J connectivity index is 2.35. The third-order valence-corrected chi connectivity index (χ3v) is 5.37. The lowest BCUT2D eigenvalue weighted by atomic mass is 9.71. The molecule has 0 fully saturated rings. The maximum absolute atomic E-state index is 4.06. The first-order chi connectivity index (χ1) is 11.3. The maximum Gasteiger partial charge on any atom is 0.0283 e. The van der Waals surface area contributed by atoms with Crippen molar-refractivity contribution in [3.05, 3.63) is 84.0 Å². The second-order valence-electron chi connectivity index (χ2n) is 8.13. The summed E-state index contributed by atoms with van der Waals surface area (Å²) in [5, 5.41) is 0. The standard InChI is InChI=1S/C24H28/c1-7-13-24(14-8-2)21-15-17(3)9-11-19(21)20-12-10-18(16-22(20)24)23(4,5)6/h7-12,15-16H,1-2,13-14H2,3-6H3. The van der Waals surface area contributed by atoms with E-state index in [1.165, 1.54) is 33.4 Å². The average Bonchev–Trinajstić information content (AvgIpc) is 2.77. The van der Waals surface area contributed by atoms with Crippen molar-refractivity contribution in [1.82, 2.24) is 0 Å². The Labute approximate surface area is 146 Å². The Hall–Kier alpha value is -2.08. The zero-order valence-electron chi connectivity index (χ0n) is 15.4. The average molecular weight is 316 g/mol. The lowest BCUT2D eigenvalue weighted by Crippen LogP contribution is -2.24. The fourth-order valence-corrected chi connectivity index (χ4v) is 4.09. The van der Waals surface area contributed by atoms with Gasteiger partial charge in [0.2, 0.25) is 0 Å². The maximum atomic E-state index is 4.06. The van der Waals surface area contributed by atoms with Crippen LogP contribution >= 0.6 is 0 Å². The topological polar surface area (TPSA) is 0 Å². The van der Waals surface area contributed by atoms with Crippen LogP contribution in [0.3, 0.4) is 0 Å². The highest BCUT2D eigenvalue weighted by atomic mass is 14.4. The van der Waals surface area contributed by atoms with E-state index < -0.39 is 0 Å². The molecule has 0 aromatic heterocycles. The van der Waals surface area contributed by atoms with Crippen LogP contribution in [0.25, 0.3) is 11.1 Å². The van der Waals surface area contributed by atoms with Crippen molar-refractivity contribution >= 4 is 0 Å². The van der Waals surface area contributed by atoms with Gasteiger partial charge in [-0.2, -0.15) is 0 Å². The van der Waals surface area contributed by atoms with Crippen molar-refractivity contribution in [1.29, 1.82) is 0 Å². The molecule has 0 nitrogen and oxygen atoms in total. The van der Waals surface area contributed by atoms with Crippen molar-refractivity contribution < 1.29 is 0 Å². The predicted molar refractivity (Wildman–Crippen MR) is 106 cm³/mol. The van der Waals surface area contributed by atoms with Gasteiger partial charge in [-0.1, -0.05) is 74.9 Å². The molecule has 0 spiro atoms. The van der Waals surface area contributed by atoms with Crippen molar-refractivity contribution in [3.63, 3.8) is 0 Å². The fraction of sp³-hybridized carbons (Fsp3) is 0.333. The van der Waals surface area contributed by atoms with E-state index in [1.54, 1.807) is 0 Å². The first-order valence-corrected chi connectivity index (χ1v) is 8.82. The minimum Gasteiger partial charge on any atom is -0.103 e. The van der Waals surface area contributed by atoms with Gasteiger partial charge in [0.15, 0.2) is 0 Å². The van der Waals surface area contributed by atoms with Crippen LogP contribution in [-0.4, -0.2) is 0 Å². The lowest BCUT2D eigenvalue weighted by Gasteiger charge is -2.31. The number of fused-ring (bicyclic) bond motifs is 3. The Morgan fingerprint density at radius 1 is 0.875 bits per heavy atom. The molecule has 0 N–H and O–H groups in total. The van der Waals surface area contributed by atoms with Crippen LogP contribution in [0.1, 0.15) is 55.9 Å². The summed E-state index contributed by atoms with van der Waals surface area (Å²) in [5.74, 6) is 0. The lowest BCUT2D eigenvalue weighted by molar-refractivity contribution is 0.536. The van der Waals surface area contributed by atoms with E-state index in [0.29, 0.717) is 0 Å². The Bertz CT molecular complexity index is 789. The van der Waals surface area contributed by atoms with E-state index in [2.05, 4.69) is 89.4 Å². The molecule has 0 unspecified atom stereocenters. The quantitative estimate of drug-likeness (QED) is 0.550. The molecule has 24 heavy (non-hydrogen) atoms. The molecule has 0 heteroatoms. The van der Waals surface area contributed by atoms with E-state index in [9.17, 15) is 0 Å². The first kappa shape index (κ1) is 16.8. The molecule has 1 aliphatic carbocycles. The number of hydrogen-bond acceptors (Lipinski definition) is 0. The molecule has 124 valence electrons. The summed E-state index contributed by atoms with van der Waals surface area (Å²) in [6.07, 6.45) is 6.01. The minimum atomic E-state index is -0.0263. The van der Waals surface area contributed by atoms with Gasteiger partial charge in [-0.15, -0.1) is 13.2 Å². The first-order valence-electron chi connectivity index (χ1n) is 8.82. The van der Waals surface area contributed by atoms with Gasteiger partial charge >= 0.3 is 0 Å². The highest BCUT2D eigenvalue weighted by molar-refractivity contribution is 5.82.